The first kappa shape index (κ1) is 17.7. The number of carbonyl (C=O) groups is 1. The van der Waals surface area contributed by atoms with E-state index in [1.165, 1.54) is 12.1 Å². The molecule has 0 saturated carbocycles. The van der Waals surface area contributed by atoms with E-state index in [1.807, 2.05) is 37.3 Å². The maximum Gasteiger partial charge on any atom is 0.335 e. The van der Waals surface area contributed by atoms with E-state index >= 15 is 0 Å². The van der Waals surface area contributed by atoms with Gasteiger partial charge in [0.15, 0.2) is 0 Å². The number of aromatic carboxylic acids is 1. The first-order valence-electron chi connectivity index (χ1n) is 7.94. The fourth-order valence-electron chi connectivity index (χ4n) is 2.43. The molecule has 0 radical (unpaired) electrons. The van der Waals surface area contributed by atoms with Gasteiger partial charge in [-0.1, -0.05) is 41.9 Å². The molecule has 0 aliphatic heterocycles. The van der Waals surface area contributed by atoms with Crippen molar-refractivity contribution in [3.63, 3.8) is 0 Å². The Labute approximate surface area is 155 Å². The average molecular weight is 369 g/mol. The minimum atomic E-state index is -0.965. The number of aryl methyl sites for hydroxylation is 1. The van der Waals surface area contributed by atoms with E-state index in [9.17, 15) is 4.79 Å². The van der Waals surface area contributed by atoms with Crippen LogP contribution >= 0.6 is 11.6 Å². The molecule has 2 N–H and O–H groups in total. The zero-order valence-corrected chi connectivity index (χ0v) is 14.8. The van der Waals surface area contributed by atoms with Crippen molar-refractivity contribution in [2.45, 2.75) is 13.5 Å². The van der Waals surface area contributed by atoms with Crippen LogP contribution in [0.2, 0.25) is 5.15 Å². The third kappa shape index (κ3) is 4.10. The van der Waals surface area contributed by atoms with Gasteiger partial charge in [-0.25, -0.2) is 9.48 Å². The molecule has 0 unspecified atom stereocenters. The van der Waals surface area contributed by atoms with Crippen LogP contribution in [-0.2, 0) is 6.54 Å². The Morgan fingerprint density at radius 3 is 2.58 bits per heavy atom. The zero-order chi connectivity index (χ0) is 18.5. The van der Waals surface area contributed by atoms with Crippen molar-refractivity contribution in [1.82, 2.24) is 9.78 Å². The standard InChI is InChI=1S/C19H17ClN4O2/c1-13-17(11-21-22-16-9-7-15(8-10-16)19(25)26)18(20)24(23-13)12-14-5-3-2-4-6-14/h2-11,22H,12H2,1H3,(H,25,26). The molecule has 26 heavy (non-hydrogen) atoms. The molecule has 3 rings (SSSR count). The molecule has 0 aliphatic carbocycles. The van der Waals surface area contributed by atoms with E-state index in [0.717, 1.165) is 16.8 Å². The normalized spacial score (nSPS) is 11.0. The fourth-order valence-corrected chi connectivity index (χ4v) is 2.72. The smallest absolute Gasteiger partial charge is 0.335 e. The number of hydrogen-bond donors (Lipinski definition) is 2. The van der Waals surface area contributed by atoms with Gasteiger partial charge in [0.05, 0.1) is 35.3 Å². The van der Waals surface area contributed by atoms with Gasteiger partial charge in [0.2, 0.25) is 0 Å². The molecule has 0 spiro atoms. The van der Waals surface area contributed by atoms with Gasteiger partial charge in [-0.2, -0.15) is 10.2 Å². The van der Waals surface area contributed by atoms with Crippen LogP contribution in [-0.4, -0.2) is 27.1 Å². The maximum atomic E-state index is 10.8. The maximum absolute atomic E-state index is 10.8. The Morgan fingerprint density at radius 2 is 1.92 bits per heavy atom. The number of aromatic nitrogens is 2. The van der Waals surface area contributed by atoms with Crippen LogP contribution in [0.3, 0.4) is 0 Å². The monoisotopic (exact) mass is 368 g/mol. The van der Waals surface area contributed by atoms with Crippen LogP contribution in [0.1, 0.15) is 27.2 Å². The summed E-state index contributed by atoms with van der Waals surface area (Å²) in [4.78, 5) is 10.8. The van der Waals surface area contributed by atoms with E-state index < -0.39 is 5.97 Å². The molecular formula is C19H17ClN4O2. The molecule has 0 bridgehead atoms. The molecule has 0 saturated heterocycles. The number of halogens is 1. The molecule has 2 aromatic carbocycles. The van der Waals surface area contributed by atoms with Crippen LogP contribution in [0.4, 0.5) is 5.69 Å². The second-order valence-electron chi connectivity index (χ2n) is 5.69. The zero-order valence-electron chi connectivity index (χ0n) is 14.1. The lowest BCUT2D eigenvalue weighted by atomic mass is 10.2. The molecule has 1 heterocycles. The summed E-state index contributed by atoms with van der Waals surface area (Å²) in [5.41, 5.74) is 6.37. The van der Waals surface area contributed by atoms with Crippen molar-refractivity contribution >= 4 is 29.5 Å². The third-order valence-corrected chi connectivity index (χ3v) is 4.20. The Bertz CT molecular complexity index is 934. The van der Waals surface area contributed by atoms with Gasteiger partial charge in [-0.15, -0.1) is 0 Å². The number of carboxylic acid groups (broad SMARTS) is 1. The number of hydrogen-bond acceptors (Lipinski definition) is 4. The van der Waals surface area contributed by atoms with Gasteiger partial charge in [-0.05, 0) is 36.8 Å². The second kappa shape index (κ2) is 7.84. The van der Waals surface area contributed by atoms with E-state index in [-0.39, 0.29) is 5.56 Å². The quantitative estimate of drug-likeness (QED) is 0.508. The van der Waals surface area contributed by atoms with Crippen molar-refractivity contribution in [2.24, 2.45) is 5.10 Å². The molecule has 0 fully saturated rings. The summed E-state index contributed by atoms with van der Waals surface area (Å²) in [5.74, 6) is -0.965. The Kier molecular flexibility index (Phi) is 5.34. The molecule has 132 valence electrons. The Morgan fingerprint density at radius 1 is 1.23 bits per heavy atom. The van der Waals surface area contributed by atoms with Crippen LogP contribution in [0.5, 0.6) is 0 Å². The van der Waals surface area contributed by atoms with Crippen LogP contribution in [0.25, 0.3) is 0 Å². The van der Waals surface area contributed by atoms with Gasteiger partial charge < -0.3 is 5.11 Å². The van der Waals surface area contributed by atoms with Gasteiger partial charge in [-0.3, -0.25) is 5.43 Å². The molecular weight excluding hydrogens is 352 g/mol. The van der Waals surface area contributed by atoms with Crippen LogP contribution in [0, 0.1) is 6.92 Å². The van der Waals surface area contributed by atoms with Crippen molar-refractivity contribution in [1.29, 1.82) is 0 Å². The van der Waals surface area contributed by atoms with Gasteiger partial charge >= 0.3 is 5.97 Å². The highest BCUT2D eigenvalue weighted by Gasteiger charge is 2.12. The number of rotatable bonds is 6. The summed E-state index contributed by atoms with van der Waals surface area (Å²) in [6.07, 6.45) is 1.61. The number of nitrogens with zero attached hydrogens (tertiary/aromatic N) is 3. The number of benzene rings is 2. The lowest BCUT2D eigenvalue weighted by Gasteiger charge is -2.03. The SMILES string of the molecule is Cc1nn(Cc2ccccc2)c(Cl)c1C=NNc1ccc(C(=O)O)cc1. The summed E-state index contributed by atoms with van der Waals surface area (Å²) in [7, 11) is 0. The Balaban J connectivity index is 1.71. The number of anilines is 1. The highest BCUT2D eigenvalue weighted by molar-refractivity contribution is 6.32. The first-order chi connectivity index (χ1) is 12.5. The molecule has 0 amide bonds. The fraction of sp³-hybridized carbons (Fsp3) is 0.105. The van der Waals surface area contributed by atoms with Crippen molar-refractivity contribution in [3.05, 3.63) is 82.1 Å². The van der Waals surface area contributed by atoms with Gasteiger partial charge in [0.1, 0.15) is 5.15 Å². The first-order valence-corrected chi connectivity index (χ1v) is 8.31. The van der Waals surface area contributed by atoms with Gasteiger partial charge in [0, 0.05) is 0 Å². The lowest BCUT2D eigenvalue weighted by Crippen LogP contribution is -2.01. The third-order valence-electron chi connectivity index (χ3n) is 3.80. The molecule has 0 atom stereocenters. The minimum Gasteiger partial charge on any atom is -0.478 e. The van der Waals surface area contributed by atoms with Gasteiger partial charge in [0.25, 0.3) is 0 Å². The predicted octanol–water partition coefficient (Wildman–Crippen LogP) is 4.04. The van der Waals surface area contributed by atoms with Crippen molar-refractivity contribution in [3.8, 4) is 0 Å². The van der Waals surface area contributed by atoms with Crippen molar-refractivity contribution in [2.75, 3.05) is 5.43 Å². The number of nitrogens with one attached hydrogen (secondary N) is 1. The van der Waals surface area contributed by atoms with Crippen molar-refractivity contribution < 1.29 is 9.90 Å². The largest absolute Gasteiger partial charge is 0.478 e. The molecule has 7 heteroatoms. The number of hydrazone groups is 1. The minimum absolute atomic E-state index is 0.223. The summed E-state index contributed by atoms with van der Waals surface area (Å²) < 4.78 is 1.73. The van der Waals surface area contributed by atoms with Crippen LogP contribution < -0.4 is 5.43 Å². The molecule has 6 nitrogen and oxygen atoms in total. The van der Waals surface area contributed by atoms with E-state index in [0.29, 0.717) is 17.4 Å². The van der Waals surface area contributed by atoms with E-state index in [4.69, 9.17) is 16.7 Å². The van der Waals surface area contributed by atoms with Crippen LogP contribution in [0.15, 0.2) is 59.7 Å². The highest BCUT2D eigenvalue weighted by Crippen LogP contribution is 2.19. The van der Waals surface area contributed by atoms with E-state index in [1.54, 1.807) is 23.0 Å². The second-order valence-corrected chi connectivity index (χ2v) is 6.04. The molecule has 3 aromatic rings. The Hall–Kier alpha value is -3.12. The summed E-state index contributed by atoms with van der Waals surface area (Å²) in [6.45, 7) is 2.45. The molecule has 0 aliphatic rings. The lowest BCUT2D eigenvalue weighted by molar-refractivity contribution is 0.0697. The average Bonchev–Trinajstić information content (AvgIpc) is 2.90. The molecule has 1 aromatic heterocycles. The highest BCUT2D eigenvalue weighted by atomic mass is 35.5. The van der Waals surface area contributed by atoms with E-state index in [2.05, 4.69) is 15.6 Å². The summed E-state index contributed by atoms with van der Waals surface area (Å²) in [5, 5.41) is 18.0. The summed E-state index contributed by atoms with van der Waals surface area (Å²) >= 11 is 6.43. The summed E-state index contributed by atoms with van der Waals surface area (Å²) in [6, 6.07) is 16.3. The number of carboxylic acids is 1. The predicted molar refractivity (Wildman–Crippen MR) is 102 cm³/mol. The topological polar surface area (TPSA) is 79.5 Å².